The molecular formula is C17H22N2O4. The van der Waals surface area contributed by atoms with Crippen molar-refractivity contribution in [2.45, 2.75) is 12.8 Å². The van der Waals surface area contributed by atoms with E-state index in [1.807, 2.05) is 12.1 Å². The zero-order valence-corrected chi connectivity index (χ0v) is 13.3. The average molecular weight is 318 g/mol. The number of ketones is 1. The molecule has 0 radical (unpaired) electrons. The lowest BCUT2D eigenvalue weighted by molar-refractivity contribution is -0.122. The van der Waals surface area contributed by atoms with Crippen LogP contribution < -0.4 is 14.8 Å². The van der Waals surface area contributed by atoms with E-state index in [4.69, 9.17) is 9.47 Å². The van der Waals surface area contributed by atoms with Crippen LogP contribution in [-0.2, 0) is 4.79 Å². The van der Waals surface area contributed by atoms with Crippen molar-refractivity contribution in [3.8, 4) is 11.5 Å². The molecule has 0 spiro atoms. The Kier molecular flexibility index (Phi) is 4.81. The Morgan fingerprint density at radius 2 is 1.87 bits per heavy atom. The third kappa shape index (κ3) is 3.64. The standard InChI is InChI=1S/C17H22N2O4/c1-18-16(20)11-19-6-4-12(5-7-19)17(21)13-2-3-14-15(10-13)23-9-8-22-14/h2-3,10,12H,4-9,11H2,1H3,(H,18,20). The molecule has 1 N–H and O–H groups in total. The van der Waals surface area contributed by atoms with Crippen LogP contribution in [0.3, 0.4) is 0 Å². The number of likely N-dealkylation sites (tertiary alicyclic amines) is 1. The predicted octanol–water partition coefficient (Wildman–Crippen LogP) is 1.10. The molecule has 0 aliphatic carbocycles. The fraction of sp³-hybridized carbons (Fsp3) is 0.529. The highest BCUT2D eigenvalue weighted by atomic mass is 16.6. The first-order valence-electron chi connectivity index (χ1n) is 8.04. The molecule has 0 bridgehead atoms. The molecule has 0 aromatic heterocycles. The number of carbonyl (C=O) groups is 2. The second kappa shape index (κ2) is 7.00. The van der Waals surface area contributed by atoms with E-state index in [0.717, 1.165) is 25.9 Å². The number of nitrogens with zero attached hydrogens (tertiary/aromatic N) is 1. The highest BCUT2D eigenvalue weighted by Crippen LogP contribution is 2.32. The SMILES string of the molecule is CNC(=O)CN1CCC(C(=O)c2ccc3c(c2)OCCO3)CC1. The van der Waals surface area contributed by atoms with E-state index in [2.05, 4.69) is 10.2 Å². The zero-order valence-electron chi connectivity index (χ0n) is 13.3. The van der Waals surface area contributed by atoms with Gasteiger partial charge in [0.15, 0.2) is 17.3 Å². The van der Waals surface area contributed by atoms with Gasteiger partial charge in [0.2, 0.25) is 5.91 Å². The summed E-state index contributed by atoms with van der Waals surface area (Å²) in [6.45, 7) is 3.01. The molecule has 1 aromatic rings. The molecule has 6 nitrogen and oxygen atoms in total. The lowest BCUT2D eigenvalue weighted by Crippen LogP contribution is -2.41. The smallest absolute Gasteiger partial charge is 0.233 e. The van der Waals surface area contributed by atoms with Crippen molar-refractivity contribution in [2.24, 2.45) is 5.92 Å². The number of amides is 1. The van der Waals surface area contributed by atoms with E-state index in [1.165, 1.54) is 0 Å². The summed E-state index contributed by atoms with van der Waals surface area (Å²) in [5.41, 5.74) is 0.680. The molecule has 1 fully saturated rings. The maximum Gasteiger partial charge on any atom is 0.233 e. The van der Waals surface area contributed by atoms with Gasteiger partial charge in [-0.25, -0.2) is 0 Å². The van der Waals surface area contributed by atoms with Crippen LogP contribution in [0.5, 0.6) is 11.5 Å². The number of piperidine rings is 1. The van der Waals surface area contributed by atoms with E-state index < -0.39 is 0 Å². The molecule has 3 rings (SSSR count). The molecule has 1 amide bonds. The lowest BCUT2D eigenvalue weighted by Gasteiger charge is -2.30. The number of Topliss-reactive ketones (excluding diaryl/α,β-unsaturated/α-hetero) is 1. The summed E-state index contributed by atoms with van der Waals surface area (Å²) in [7, 11) is 1.64. The Balaban J connectivity index is 1.60. The third-order valence-electron chi connectivity index (χ3n) is 4.43. The maximum atomic E-state index is 12.7. The topological polar surface area (TPSA) is 67.9 Å². The number of hydrogen-bond acceptors (Lipinski definition) is 5. The van der Waals surface area contributed by atoms with Crippen molar-refractivity contribution in [3.05, 3.63) is 23.8 Å². The van der Waals surface area contributed by atoms with Crippen molar-refractivity contribution in [3.63, 3.8) is 0 Å². The van der Waals surface area contributed by atoms with Crippen LogP contribution in [0, 0.1) is 5.92 Å². The number of nitrogens with one attached hydrogen (secondary N) is 1. The summed E-state index contributed by atoms with van der Waals surface area (Å²) in [5, 5.41) is 2.63. The quantitative estimate of drug-likeness (QED) is 0.842. The van der Waals surface area contributed by atoms with Gasteiger partial charge in [0.05, 0.1) is 6.54 Å². The van der Waals surface area contributed by atoms with E-state index in [9.17, 15) is 9.59 Å². The van der Waals surface area contributed by atoms with Crippen LogP contribution in [-0.4, -0.2) is 56.5 Å². The van der Waals surface area contributed by atoms with Crippen LogP contribution in [0.1, 0.15) is 23.2 Å². The number of likely N-dealkylation sites (N-methyl/N-ethyl adjacent to an activating group) is 1. The Labute approximate surface area is 135 Å². The van der Waals surface area contributed by atoms with Gasteiger partial charge in [0, 0.05) is 18.5 Å². The van der Waals surface area contributed by atoms with Gasteiger partial charge in [-0.2, -0.15) is 0 Å². The minimum absolute atomic E-state index is 0.0125. The predicted molar refractivity (Wildman–Crippen MR) is 85.0 cm³/mol. The molecule has 6 heteroatoms. The summed E-state index contributed by atoms with van der Waals surface area (Å²) in [6, 6.07) is 5.41. The van der Waals surface area contributed by atoms with Crippen LogP contribution in [0.25, 0.3) is 0 Å². The number of fused-ring (bicyclic) bond motifs is 1. The number of benzene rings is 1. The van der Waals surface area contributed by atoms with Gasteiger partial charge in [-0.3, -0.25) is 14.5 Å². The van der Waals surface area contributed by atoms with Crippen LogP contribution >= 0.6 is 0 Å². The number of ether oxygens (including phenoxy) is 2. The first-order valence-corrected chi connectivity index (χ1v) is 8.04. The molecule has 2 aliphatic rings. The first-order chi connectivity index (χ1) is 11.2. The lowest BCUT2D eigenvalue weighted by atomic mass is 9.88. The maximum absolute atomic E-state index is 12.7. The summed E-state index contributed by atoms with van der Waals surface area (Å²) in [4.78, 5) is 26.2. The van der Waals surface area contributed by atoms with E-state index in [1.54, 1.807) is 13.1 Å². The Morgan fingerprint density at radius 1 is 1.17 bits per heavy atom. The Hall–Kier alpha value is -2.08. The summed E-state index contributed by atoms with van der Waals surface area (Å²) >= 11 is 0. The fourth-order valence-corrected chi connectivity index (χ4v) is 3.07. The molecule has 2 heterocycles. The second-order valence-corrected chi connectivity index (χ2v) is 5.95. The molecule has 2 aliphatic heterocycles. The zero-order chi connectivity index (χ0) is 16.2. The highest BCUT2D eigenvalue weighted by Gasteiger charge is 2.27. The van der Waals surface area contributed by atoms with Gasteiger partial charge < -0.3 is 14.8 Å². The highest BCUT2D eigenvalue weighted by molar-refractivity contribution is 5.98. The number of rotatable bonds is 4. The summed E-state index contributed by atoms with van der Waals surface area (Å²) in [5.74, 6) is 1.54. The van der Waals surface area contributed by atoms with Gasteiger partial charge in [-0.15, -0.1) is 0 Å². The first kappa shape index (κ1) is 15.8. The monoisotopic (exact) mass is 318 g/mol. The van der Waals surface area contributed by atoms with Crippen LogP contribution in [0.2, 0.25) is 0 Å². The minimum Gasteiger partial charge on any atom is -0.486 e. The normalized spacial score (nSPS) is 18.5. The van der Waals surface area contributed by atoms with Gasteiger partial charge >= 0.3 is 0 Å². The van der Waals surface area contributed by atoms with Crippen LogP contribution in [0.15, 0.2) is 18.2 Å². The van der Waals surface area contributed by atoms with E-state index in [0.29, 0.717) is 36.8 Å². The van der Waals surface area contributed by atoms with Crippen molar-refractivity contribution in [1.82, 2.24) is 10.2 Å². The third-order valence-corrected chi connectivity index (χ3v) is 4.43. The summed E-state index contributed by atoms with van der Waals surface area (Å²) in [6.07, 6.45) is 1.56. The Morgan fingerprint density at radius 3 is 2.57 bits per heavy atom. The van der Waals surface area contributed by atoms with Crippen molar-refractivity contribution in [2.75, 3.05) is 39.9 Å². The Bertz CT molecular complexity index is 594. The molecule has 0 saturated carbocycles. The molecule has 1 saturated heterocycles. The van der Waals surface area contributed by atoms with Crippen LogP contribution in [0.4, 0.5) is 0 Å². The molecular weight excluding hydrogens is 296 g/mol. The van der Waals surface area contributed by atoms with Crippen molar-refractivity contribution < 1.29 is 19.1 Å². The molecule has 0 atom stereocenters. The number of hydrogen-bond donors (Lipinski definition) is 1. The van der Waals surface area contributed by atoms with E-state index in [-0.39, 0.29) is 17.6 Å². The molecule has 0 unspecified atom stereocenters. The fourth-order valence-electron chi connectivity index (χ4n) is 3.07. The van der Waals surface area contributed by atoms with Gasteiger partial charge in [-0.1, -0.05) is 0 Å². The average Bonchev–Trinajstić information content (AvgIpc) is 2.61. The summed E-state index contributed by atoms with van der Waals surface area (Å²) < 4.78 is 11.0. The van der Waals surface area contributed by atoms with Gasteiger partial charge in [-0.05, 0) is 44.1 Å². The van der Waals surface area contributed by atoms with Crippen molar-refractivity contribution in [1.29, 1.82) is 0 Å². The number of carbonyl (C=O) groups excluding carboxylic acids is 2. The minimum atomic E-state index is 0.0125. The van der Waals surface area contributed by atoms with E-state index >= 15 is 0 Å². The molecule has 23 heavy (non-hydrogen) atoms. The molecule has 124 valence electrons. The second-order valence-electron chi connectivity index (χ2n) is 5.95. The van der Waals surface area contributed by atoms with Gasteiger partial charge in [0.25, 0.3) is 0 Å². The molecule has 1 aromatic carbocycles. The largest absolute Gasteiger partial charge is 0.486 e. The van der Waals surface area contributed by atoms with Crippen molar-refractivity contribution >= 4 is 11.7 Å². The van der Waals surface area contributed by atoms with Gasteiger partial charge in [0.1, 0.15) is 13.2 Å².